The van der Waals surface area contributed by atoms with Crippen molar-refractivity contribution in [3.63, 3.8) is 0 Å². The molecule has 2 heterocycles. The largest absolute Gasteiger partial charge is 0.118 e. The lowest BCUT2D eigenvalue weighted by Gasteiger charge is -2.45. The highest BCUT2D eigenvalue weighted by Gasteiger charge is 2.56. The van der Waals surface area contributed by atoms with E-state index in [1.165, 1.54) is 160 Å². The molecule has 65 heavy (non-hydrogen) atoms. The van der Waals surface area contributed by atoms with Crippen molar-refractivity contribution in [3.8, 4) is 44.5 Å². The highest BCUT2D eigenvalue weighted by molar-refractivity contribution is 8.01. The summed E-state index contributed by atoms with van der Waals surface area (Å²) in [5.41, 5.74) is 19.5. The molecule has 0 radical (unpaired) electrons. The van der Waals surface area contributed by atoms with E-state index in [1.54, 1.807) is 11.1 Å². The maximum absolute atomic E-state index is 2.62. The molecule has 15 rings (SSSR count). The van der Waals surface area contributed by atoms with Crippen LogP contribution in [-0.2, 0) is 16.2 Å². The van der Waals surface area contributed by atoms with Crippen LogP contribution in [0.5, 0.6) is 0 Å². The van der Waals surface area contributed by atoms with Gasteiger partial charge in [0.2, 0.25) is 0 Å². The fraction of sp³-hybridized carbons (Fsp3) is 0.270. The van der Waals surface area contributed by atoms with Crippen LogP contribution in [0.4, 0.5) is 0 Å². The zero-order chi connectivity index (χ0) is 43.2. The third-order valence-corrected chi connectivity index (χ3v) is 22.1. The Balaban J connectivity index is 0.995. The summed E-state index contributed by atoms with van der Waals surface area (Å²) < 4.78 is 0.528. The van der Waals surface area contributed by atoms with E-state index < -0.39 is 5.41 Å². The Hall–Kier alpha value is -5.28. The maximum Gasteiger partial charge on any atom is 0.0726 e. The fourth-order valence-corrected chi connectivity index (χ4v) is 18.3. The Kier molecular flexibility index (Phi) is 7.33. The molecule has 4 atom stereocenters. The van der Waals surface area contributed by atoms with Crippen molar-refractivity contribution < 1.29 is 0 Å². The third-order valence-electron chi connectivity index (χ3n) is 18.8. The van der Waals surface area contributed by atoms with Crippen molar-refractivity contribution in [2.75, 3.05) is 0 Å². The maximum atomic E-state index is 2.62. The minimum atomic E-state index is -0.492. The fourth-order valence-electron chi connectivity index (χ4n) is 14.9. The van der Waals surface area contributed by atoms with Gasteiger partial charge in [-0.1, -0.05) is 143 Å². The van der Waals surface area contributed by atoms with Crippen molar-refractivity contribution >= 4 is 55.8 Å². The minimum absolute atomic E-state index is 0.193. The van der Waals surface area contributed by atoms with Crippen LogP contribution in [0.15, 0.2) is 155 Å². The molecule has 2 heteroatoms. The second kappa shape index (κ2) is 12.6. The number of benzene rings is 9. The standard InChI is InChI=1S/C63H52S2/c1-59-28-7-9-30-61(59,3)64-54-26-21-41(34-51(54)59)39-19-23-44-45-24-20-40(42-22-27-55-52(35-42)60(2)29-8-10-31-62(60,4)65-55)33-50(45)63(49(44)32-39)48-15-6-5-14-46(48)58-47-25-18-38-13-11-12-37-16-17-43(36-53(58)63)57(47)56(37)38/h5-6,11-27,32-36H,7-10,28-31H2,1-4H3. The molecule has 2 aliphatic heterocycles. The molecule has 9 aromatic rings. The van der Waals surface area contributed by atoms with Gasteiger partial charge >= 0.3 is 0 Å². The van der Waals surface area contributed by atoms with Gasteiger partial charge in [0.15, 0.2) is 0 Å². The van der Waals surface area contributed by atoms with Crippen LogP contribution in [0.3, 0.4) is 0 Å². The van der Waals surface area contributed by atoms with Crippen LogP contribution in [0, 0.1) is 0 Å². The summed E-state index contributed by atoms with van der Waals surface area (Å²) in [4.78, 5) is 2.99. The molecule has 0 N–H and O–H groups in total. The second-order valence-electron chi connectivity index (χ2n) is 21.6. The number of thioether (sulfide) groups is 2. The molecule has 4 unspecified atom stereocenters. The van der Waals surface area contributed by atoms with Gasteiger partial charge in [-0.2, -0.15) is 0 Å². The van der Waals surface area contributed by atoms with Crippen LogP contribution in [0.2, 0.25) is 0 Å². The Morgan fingerprint density at radius 2 is 0.877 bits per heavy atom. The molecule has 2 saturated carbocycles. The summed E-state index contributed by atoms with van der Waals surface area (Å²) in [5, 5.41) is 8.11. The zero-order valence-corrected chi connectivity index (χ0v) is 39.5. The Morgan fingerprint density at radius 1 is 0.369 bits per heavy atom. The van der Waals surface area contributed by atoms with Gasteiger partial charge in [0.25, 0.3) is 0 Å². The van der Waals surface area contributed by atoms with Gasteiger partial charge in [-0.3, -0.25) is 0 Å². The predicted octanol–water partition coefficient (Wildman–Crippen LogP) is 17.7. The Bertz CT molecular complexity index is 3440. The third kappa shape index (κ3) is 4.55. The van der Waals surface area contributed by atoms with E-state index >= 15 is 0 Å². The molecule has 4 aliphatic carbocycles. The van der Waals surface area contributed by atoms with Crippen molar-refractivity contribution in [1.29, 1.82) is 0 Å². The van der Waals surface area contributed by atoms with Gasteiger partial charge in [0.1, 0.15) is 0 Å². The number of hydrogen-bond acceptors (Lipinski definition) is 2. The molecule has 0 saturated heterocycles. The number of fused-ring (bicyclic) bond motifs is 17. The van der Waals surface area contributed by atoms with Gasteiger partial charge in [-0.25, -0.2) is 0 Å². The number of rotatable bonds is 2. The average molecular weight is 873 g/mol. The van der Waals surface area contributed by atoms with Crippen LogP contribution in [0.25, 0.3) is 76.8 Å². The Labute approximate surface area is 391 Å². The molecule has 2 fully saturated rings. The van der Waals surface area contributed by atoms with Crippen LogP contribution < -0.4 is 0 Å². The van der Waals surface area contributed by atoms with Crippen LogP contribution >= 0.6 is 23.5 Å². The predicted molar refractivity (Wildman–Crippen MR) is 277 cm³/mol. The molecule has 1 spiro atoms. The van der Waals surface area contributed by atoms with E-state index in [1.807, 2.05) is 0 Å². The number of hydrogen-bond donors (Lipinski definition) is 0. The van der Waals surface area contributed by atoms with Gasteiger partial charge in [0, 0.05) is 30.1 Å². The smallest absolute Gasteiger partial charge is 0.0726 e. The summed E-state index contributed by atoms with van der Waals surface area (Å²) in [6, 6.07) is 58.4. The summed E-state index contributed by atoms with van der Waals surface area (Å²) in [7, 11) is 0. The molecule has 6 aliphatic rings. The first kappa shape index (κ1) is 37.9. The lowest BCUT2D eigenvalue weighted by molar-refractivity contribution is 0.260. The first-order valence-corrected chi connectivity index (χ1v) is 26.0. The highest BCUT2D eigenvalue weighted by atomic mass is 32.2. The molecular formula is C63H52S2. The summed E-state index contributed by atoms with van der Waals surface area (Å²) in [6.45, 7) is 10.2. The lowest BCUT2D eigenvalue weighted by Crippen LogP contribution is -2.43. The molecular weight excluding hydrogens is 821 g/mol. The molecule has 0 nitrogen and oxygen atoms in total. The molecule has 0 bridgehead atoms. The average Bonchev–Trinajstić information content (AvgIpc) is 3.96. The van der Waals surface area contributed by atoms with E-state index in [4.69, 9.17) is 0 Å². The van der Waals surface area contributed by atoms with Gasteiger partial charge in [-0.05, 0) is 192 Å². The van der Waals surface area contributed by atoms with Gasteiger partial charge < -0.3 is 0 Å². The minimum Gasteiger partial charge on any atom is -0.118 e. The Morgan fingerprint density at radius 3 is 1.48 bits per heavy atom. The van der Waals surface area contributed by atoms with Crippen molar-refractivity contribution in [1.82, 2.24) is 0 Å². The van der Waals surface area contributed by atoms with E-state index in [0.717, 1.165) is 0 Å². The normalized spacial score (nSPS) is 27.7. The van der Waals surface area contributed by atoms with E-state index in [0.29, 0.717) is 0 Å². The molecule has 0 aromatic heterocycles. The van der Waals surface area contributed by atoms with E-state index in [2.05, 4.69) is 197 Å². The molecule has 0 amide bonds. The van der Waals surface area contributed by atoms with Gasteiger partial charge in [0.05, 0.1) is 5.41 Å². The topological polar surface area (TPSA) is 0 Å². The lowest BCUT2D eigenvalue weighted by atomic mass is 9.64. The van der Waals surface area contributed by atoms with E-state index in [-0.39, 0.29) is 20.3 Å². The quantitative estimate of drug-likeness (QED) is 0.159. The molecule has 9 aromatic carbocycles. The van der Waals surface area contributed by atoms with Crippen molar-refractivity contribution in [3.05, 3.63) is 179 Å². The van der Waals surface area contributed by atoms with Crippen molar-refractivity contribution in [2.24, 2.45) is 0 Å². The summed E-state index contributed by atoms with van der Waals surface area (Å²) in [6.07, 6.45) is 10.5. The molecule has 316 valence electrons. The summed E-state index contributed by atoms with van der Waals surface area (Å²) in [5.74, 6) is 0. The van der Waals surface area contributed by atoms with Gasteiger partial charge in [-0.15, -0.1) is 23.5 Å². The second-order valence-corrected chi connectivity index (χ2v) is 24.7. The monoisotopic (exact) mass is 872 g/mol. The highest BCUT2D eigenvalue weighted by Crippen LogP contribution is 2.67. The zero-order valence-electron chi connectivity index (χ0n) is 37.8. The van der Waals surface area contributed by atoms with Crippen LogP contribution in [-0.4, -0.2) is 9.49 Å². The first-order valence-electron chi connectivity index (χ1n) is 24.4. The summed E-state index contributed by atoms with van der Waals surface area (Å²) >= 11 is 4.30. The van der Waals surface area contributed by atoms with Crippen molar-refractivity contribution in [2.45, 2.75) is 115 Å². The van der Waals surface area contributed by atoms with Crippen LogP contribution in [0.1, 0.15) is 112 Å². The van der Waals surface area contributed by atoms with E-state index in [9.17, 15) is 0 Å². The SMILES string of the molecule is CC12CCCCC1(C)c1cc(-c3ccc4c(c3)C3(c5cc(-c6ccc7c(c6)C6(C)CCCCC6(C)S7)ccc5-4)c4ccccc4-c4c3cc3ccc5cccc6ccc4c3c56)ccc1S2. The first-order chi connectivity index (χ1) is 31.6.